The number of guanidine groups is 1. The highest BCUT2D eigenvalue weighted by Gasteiger charge is 2.19. The van der Waals surface area contributed by atoms with E-state index in [9.17, 15) is 19.4 Å². The Bertz CT molecular complexity index is 1190. The predicted molar refractivity (Wildman–Crippen MR) is 131 cm³/mol. The molecule has 1 amide bonds. The van der Waals surface area contributed by atoms with Gasteiger partial charge in [-0.3, -0.25) is 21.1 Å². The molecule has 9 heteroatoms. The molecule has 0 saturated heterocycles. The van der Waals surface area contributed by atoms with E-state index >= 15 is 0 Å². The molecule has 0 fully saturated rings. The van der Waals surface area contributed by atoms with Gasteiger partial charge < -0.3 is 20.5 Å². The summed E-state index contributed by atoms with van der Waals surface area (Å²) < 4.78 is 15.7. The van der Waals surface area contributed by atoms with E-state index in [2.05, 4.69) is 29.3 Å². The summed E-state index contributed by atoms with van der Waals surface area (Å²) in [7, 11) is 0. The van der Waals surface area contributed by atoms with Crippen molar-refractivity contribution < 1.29 is 19.4 Å². The Morgan fingerprint density at radius 2 is 1.82 bits per heavy atom. The number of rotatable bonds is 8. The number of aliphatic hydroxyl groups is 2. The third-order valence-electron chi connectivity index (χ3n) is 5.35. The summed E-state index contributed by atoms with van der Waals surface area (Å²) in [6, 6.07) is 14.3. The number of halogens is 1. The first kappa shape index (κ1) is 24.9. The SMILES string of the molecule is CC(C)n1c(/C=C/[C@H](O)C[C@H](O)CC(=O)NNC(=N)N)c(-c2ccc(F)cc2)c2ccccc21. The first-order valence-corrected chi connectivity index (χ1v) is 11.0. The van der Waals surface area contributed by atoms with Gasteiger partial charge in [-0.15, -0.1) is 0 Å². The molecule has 2 atom stereocenters. The fourth-order valence-corrected chi connectivity index (χ4v) is 3.97. The summed E-state index contributed by atoms with van der Waals surface area (Å²) in [6.45, 7) is 4.12. The van der Waals surface area contributed by atoms with E-state index in [1.54, 1.807) is 24.3 Å². The minimum absolute atomic E-state index is 0.0578. The number of hydrogen-bond acceptors (Lipinski definition) is 4. The smallest absolute Gasteiger partial charge is 0.240 e. The molecule has 7 N–H and O–H groups in total. The van der Waals surface area contributed by atoms with E-state index in [1.165, 1.54) is 12.1 Å². The van der Waals surface area contributed by atoms with Crippen molar-refractivity contribution in [2.45, 2.75) is 44.9 Å². The van der Waals surface area contributed by atoms with E-state index in [4.69, 9.17) is 11.1 Å². The van der Waals surface area contributed by atoms with Crippen LogP contribution in [0.2, 0.25) is 0 Å². The lowest BCUT2D eigenvalue weighted by atomic mass is 10.0. The minimum atomic E-state index is -1.10. The number of hydrogen-bond donors (Lipinski definition) is 6. The zero-order valence-corrected chi connectivity index (χ0v) is 19.1. The molecule has 34 heavy (non-hydrogen) atoms. The van der Waals surface area contributed by atoms with E-state index in [-0.39, 0.29) is 24.7 Å². The second-order valence-electron chi connectivity index (χ2n) is 8.35. The minimum Gasteiger partial charge on any atom is -0.392 e. The second kappa shape index (κ2) is 11.0. The Balaban J connectivity index is 1.89. The first-order chi connectivity index (χ1) is 16.2. The van der Waals surface area contributed by atoms with Crippen LogP contribution >= 0.6 is 0 Å². The van der Waals surface area contributed by atoms with Crippen LogP contribution in [0.5, 0.6) is 0 Å². The van der Waals surface area contributed by atoms with Crippen LogP contribution in [-0.2, 0) is 4.79 Å². The molecule has 1 aromatic heterocycles. The van der Waals surface area contributed by atoms with Crippen molar-refractivity contribution in [2.75, 3.05) is 0 Å². The van der Waals surface area contributed by atoms with Gasteiger partial charge in [-0.1, -0.05) is 36.4 Å². The molecule has 0 aliphatic heterocycles. The highest BCUT2D eigenvalue weighted by molar-refractivity contribution is 6.01. The fraction of sp³-hybridized carbons (Fsp3) is 0.280. The van der Waals surface area contributed by atoms with Crippen molar-refractivity contribution >= 4 is 28.8 Å². The molecule has 1 heterocycles. The van der Waals surface area contributed by atoms with Gasteiger partial charge in [0.25, 0.3) is 0 Å². The molecule has 180 valence electrons. The van der Waals surface area contributed by atoms with Crippen molar-refractivity contribution in [1.29, 1.82) is 5.41 Å². The summed E-state index contributed by atoms with van der Waals surface area (Å²) in [5.41, 5.74) is 13.1. The number of fused-ring (bicyclic) bond motifs is 1. The van der Waals surface area contributed by atoms with Gasteiger partial charge >= 0.3 is 0 Å². The van der Waals surface area contributed by atoms with Crippen LogP contribution in [0.1, 0.15) is 38.4 Å². The summed E-state index contributed by atoms with van der Waals surface area (Å²) in [5, 5.41) is 28.7. The number of nitrogens with one attached hydrogen (secondary N) is 3. The lowest BCUT2D eigenvalue weighted by Gasteiger charge is -2.15. The topological polar surface area (TPSA) is 136 Å². The van der Waals surface area contributed by atoms with Crippen molar-refractivity contribution in [3.8, 4) is 11.1 Å². The summed E-state index contributed by atoms with van der Waals surface area (Å²) >= 11 is 0. The molecule has 3 aromatic rings. The van der Waals surface area contributed by atoms with E-state index in [1.807, 2.05) is 24.3 Å². The average molecular weight is 468 g/mol. The largest absolute Gasteiger partial charge is 0.392 e. The number of nitrogens with zero attached hydrogens (tertiary/aromatic N) is 1. The molecule has 3 rings (SSSR count). The molecule has 2 aromatic carbocycles. The molecular weight excluding hydrogens is 437 g/mol. The molecule has 0 aliphatic rings. The fourth-order valence-electron chi connectivity index (χ4n) is 3.97. The van der Waals surface area contributed by atoms with Gasteiger partial charge in [0, 0.05) is 34.6 Å². The maximum Gasteiger partial charge on any atom is 0.240 e. The van der Waals surface area contributed by atoms with Crippen molar-refractivity contribution in [3.63, 3.8) is 0 Å². The van der Waals surface area contributed by atoms with Crippen LogP contribution in [0.3, 0.4) is 0 Å². The van der Waals surface area contributed by atoms with Gasteiger partial charge in [-0.2, -0.15) is 0 Å². The number of benzene rings is 2. The van der Waals surface area contributed by atoms with Crippen LogP contribution in [0.15, 0.2) is 54.6 Å². The number of amides is 1. The highest BCUT2D eigenvalue weighted by atomic mass is 19.1. The lowest BCUT2D eigenvalue weighted by molar-refractivity contribution is -0.123. The van der Waals surface area contributed by atoms with E-state index < -0.39 is 24.1 Å². The standard InChI is InChI=1S/C25H30FN5O3/c1-15(2)31-21-6-4-3-5-20(21)24(16-7-9-17(26)10-8-16)22(31)12-11-18(32)13-19(33)14-23(34)29-30-25(27)28/h3-12,15,18-19,32-33H,13-14H2,1-2H3,(H,29,34)(H4,27,28,30)/b12-11+/t18-,19-/m0/s1. The van der Waals surface area contributed by atoms with Gasteiger partial charge in [-0.05, 0) is 43.7 Å². The van der Waals surface area contributed by atoms with Crippen LogP contribution in [0.25, 0.3) is 28.1 Å². The van der Waals surface area contributed by atoms with Gasteiger partial charge in [0.15, 0.2) is 0 Å². The first-order valence-electron chi connectivity index (χ1n) is 11.0. The number of para-hydroxylation sites is 1. The third kappa shape index (κ3) is 6.00. The highest BCUT2D eigenvalue weighted by Crippen LogP contribution is 2.38. The number of nitrogens with two attached hydrogens (primary N) is 1. The van der Waals surface area contributed by atoms with Gasteiger partial charge in [0.05, 0.1) is 18.6 Å². The zero-order chi connectivity index (χ0) is 24.8. The lowest BCUT2D eigenvalue weighted by Crippen LogP contribution is -2.45. The molecule has 0 radical (unpaired) electrons. The molecular formula is C25H30FN5O3. The van der Waals surface area contributed by atoms with E-state index in [0.29, 0.717) is 0 Å². The second-order valence-corrected chi connectivity index (χ2v) is 8.35. The molecule has 0 unspecified atom stereocenters. The summed E-state index contributed by atoms with van der Waals surface area (Å²) in [5.74, 6) is -1.30. The maximum absolute atomic E-state index is 13.6. The monoisotopic (exact) mass is 467 g/mol. The molecule has 0 spiro atoms. The van der Waals surface area contributed by atoms with Crippen LogP contribution in [0.4, 0.5) is 4.39 Å². The quantitative estimate of drug-likeness (QED) is 0.172. The molecule has 0 saturated carbocycles. The number of aliphatic hydroxyl groups excluding tert-OH is 2. The summed E-state index contributed by atoms with van der Waals surface area (Å²) in [6.07, 6.45) is 0.947. The number of carbonyl (C=O) groups is 1. The number of carbonyl (C=O) groups excluding carboxylic acids is 1. The number of hydrazine groups is 1. The Morgan fingerprint density at radius 1 is 1.15 bits per heavy atom. The summed E-state index contributed by atoms with van der Waals surface area (Å²) in [4.78, 5) is 11.7. The van der Waals surface area contributed by atoms with Gasteiger partial charge in [0.2, 0.25) is 11.9 Å². The van der Waals surface area contributed by atoms with Gasteiger partial charge in [-0.25, -0.2) is 4.39 Å². The number of aromatic nitrogens is 1. The van der Waals surface area contributed by atoms with Crippen molar-refractivity contribution in [3.05, 3.63) is 66.1 Å². The average Bonchev–Trinajstić information content (AvgIpc) is 3.11. The molecule has 8 nitrogen and oxygen atoms in total. The third-order valence-corrected chi connectivity index (χ3v) is 5.35. The zero-order valence-electron chi connectivity index (χ0n) is 19.1. The predicted octanol–water partition coefficient (Wildman–Crippen LogP) is 3.06. The normalized spacial score (nSPS) is 13.4. The van der Waals surface area contributed by atoms with Crippen molar-refractivity contribution in [2.24, 2.45) is 5.73 Å². The molecule has 0 aliphatic carbocycles. The Hall–Kier alpha value is -3.69. The Labute approximate surface area is 197 Å². The van der Waals surface area contributed by atoms with Crippen LogP contribution in [0, 0.1) is 11.2 Å². The Morgan fingerprint density at radius 3 is 2.47 bits per heavy atom. The van der Waals surface area contributed by atoms with Crippen LogP contribution in [-0.4, -0.2) is 38.9 Å². The maximum atomic E-state index is 13.6. The van der Waals surface area contributed by atoms with Crippen molar-refractivity contribution in [1.82, 2.24) is 15.4 Å². The van der Waals surface area contributed by atoms with Crippen LogP contribution < -0.4 is 16.6 Å². The van der Waals surface area contributed by atoms with E-state index in [0.717, 1.165) is 27.7 Å². The molecule has 0 bridgehead atoms. The van der Waals surface area contributed by atoms with Gasteiger partial charge in [0.1, 0.15) is 5.82 Å². The Kier molecular flexibility index (Phi) is 8.04.